The summed E-state index contributed by atoms with van der Waals surface area (Å²) < 4.78 is 11.6. The number of nitrogens with one attached hydrogen (secondary N) is 1. The van der Waals surface area contributed by atoms with Crippen molar-refractivity contribution in [3.05, 3.63) is 57.0 Å². The number of methoxy groups -OCH3 is 2. The lowest BCUT2D eigenvalue weighted by atomic mass is 10.1. The molecular formula is C18H15IN2O3S. The van der Waals surface area contributed by atoms with Crippen LogP contribution in [0.1, 0.15) is 10.4 Å². The first-order valence-corrected chi connectivity index (χ1v) is 9.31. The van der Waals surface area contributed by atoms with Gasteiger partial charge in [-0.3, -0.25) is 10.1 Å². The van der Waals surface area contributed by atoms with E-state index in [-0.39, 0.29) is 5.91 Å². The molecule has 0 fully saturated rings. The van der Waals surface area contributed by atoms with E-state index < -0.39 is 0 Å². The first-order chi connectivity index (χ1) is 12.1. The number of benzene rings is 2. The zero-order valence-electron chi connectivity index (χ0n) is 13.6. The number of aromatic nitrogens is 1. The van der Waals surface area contributed by atoms with E-state index in [1.165, 1.54) is 11.3 Å². The molecule has 5 nitrogen and oxygen atoms in total. The van der Waals surface area contributed by atoms with Crippen molar-refractivity contribution < 1.29 is 14.3 Å². The number of amides is 1. The van der Waals surface area contributed by atoms with Crippen molar-refractivity contribution in [2.75, 3.05) is 19.5 Å². The van der Waals surface area contributed by atoms with Gasteiger partial charge in [0.25, 0.3) is 5.91 Å². The molecule has 1 amide bonds. The number of thiazole rings is 1. The van der Waals surface area contributed by atoms with Crippen LogP contribution in [0.3, 0.4) is 0 Å². The van der Waals surface area contributed by atoms with E-state index in [4.69, 9.17) is 9.47 Å². The smallest absolute Gasteiger partial charge is 0.257 e. The number of halogens is 1. The van der Waals surface area contributed by atoms with E-state index in [0.29, 0.717) is 22.2 Å². The molecule has 0 aliphatic carbocycles. The average Bonchev–Trinajstić information content (AvgIpc) is 3.10. The Kier molecular flexibility index (Phi) is 5.54. The summed E-state index contributed by atoms with van der Waals surface area (Å²) in [4.78, 5) is 16.8. The molecule has 128 valence electrons. The van der Waals surface area contributed by atoms with Crippen LogP contribution in [-0.2, 0) is 0 Å². The summed E-state index contributed by atoms with van der Waals surface area (Å²) in [5, 5.41) is 5.27. The largest absolute Gasteiger partial charge is 0.493 e. The monoisotopic (exact) mass is 466 g/mol. The summed E-state index contributed by atoms with van der Waals surface area (Å²) in [6, 6.07) is 13.0. The molecule has 7 heteroatoms. The van der Waals surface area contributed by atoms with Crippen LogP contribution in [-0.4, -0.2) is 25.1 Å². The van der Waals surface area contributed by atoms with Crippen LogP contribution in [0.5, 0.6) is 11.5 Å². The van der Waals surface area contributed by atoms with Crippen LogP contribution in [0.15, 0.2) is 47.8 Å². The molecule has 3 rings (SSSR count). The number of carbonyl (C=O) groups is 1. The second-order valence-electron chi connectivity index (χ2n) is 5.07. The van der Waals surface area contributed by atoms with Crippen molar-refractivity contribution in [2.24, 2.45) is 0 Å². The Balaban J connectivity index is 1.78. The normalized spacial score (nSPS) is 10.4. The number of nitrogens with zero attached hydrogens (tertiary/aromatic N) is 1. The molecule has 3 aromatic rings. The van der Waals surface area contributed by atoms with Gasteiger partial charge in [0, 0.05) is 20.1 Å². The van der Waals surface area contributed by atoms with Gasteiger partial charge in [0.15, 0.2) is 16.6 Å². The molecule has 0 radical (unpaired) electrons. The van der Waals surface area contributed by atoms with Crippen molar-refractivity contribution in [3.63, 3.8) is 0 Å². The fourth-order valence-electron chi connectivity index (χ4n) is 2.23. The lowest BCUT2D eigenvalue weighted by Gasteiger charge is -2.08. The van der Waals surface area contributed by atoms with E-state index >= 15 is 0 Å². The minimum atomic E-state index is -0.176. The Morgan fingerprint density at radius 3 is 2.48 bits per heavy atom. The second kappa shape index (κ2) is 7.83. The van der Waals surface area contributed by atoms with Gasteiger partial charge in [0.1, 0.15) is 0 Å². The van der Waals surface area contributed by atoms with E-state index in [0.717, 1.165) is 14.8 Å². The number of hydrogen-bond donors (Lipinski definition) is 1. The van der Waals surface area contributed by atoms with E-state index in [1.807, 2.05) is 35.7 Å². The predicted octanol–water partition coefficient (Wildman–Crippen LogP) is 4.68. The highest BCUT2D eigenvalue weighted by atomic mass is 127. The van der Waals surface area contributed by atoms with E-state index in [1.54, 1.807) is 26.4 Å². The molecule has 0 saturated carbocycles. The van der Waals surface area contributed by atoms with Gasteiger partial charge >= 0.3 is 0 Å². The molecule has 2 aromatic carbocycles. The van der Waals surface area contributed by atoms with Crippen LogP contribution in [0.25, 0.3) is 11.3 Å². The first-order valence-electron chi connectivity index (χ1n) is 7.35. The SMILES string of the molecule is COc1ccc(-c2csc(NC(=O)c3ccc(I)cc3)n2)cc1OC. The molecule has 0 bridgehead atoms. The van der Waals surface area contributed by atoms with Crippen LogP contribution >= 0.6 is 33.9 Å². The summed E-state index contributed by atoms with van der Waals surface area (Å²) in [7, 11) is 3.19. The Morgan fingerprint density at radius 2 is 1.80 bits per heavy atom. The topological polar surface area (TPSA) is 60.5 Å². The van der Waals surface area contributed by atoms with Gasteiger partial charge in [-0.15, -0.1) is 11.3 Å². The molecule has 1 aromatic heterocycles. The van der Waals surface area contributed by atoms with Gasteiger partial charge < -0.3 is 9.47 Å². The van der Waals surface area contributed by atoms with Crippen molar-refractivity contribution in [3.8, 4) is 22.8 Å². The Hall–Kier alpha value is -2.13. The summed E-state index contributed by atoms with van der Waals surface area (Å²) in [5.41, 5.74) is 2.26. The molecule has 0 saturated heterocycles. The predicted molar refractivity (Wildman–Crippen MR) is 108 cm³/mol. The van der Waals surface area contributed by atoms with Gasteiger partial charge in [-0.25, -0.2) is 4.98 Å². The third kappa shape index (κ3) is 4.10. The molecule has 1 N–H and O–H groups in total. The lowest BCUT2D eigenvalue weighted by Crippen LogP contribution is -2.11. The van der Waals surface area contributed by atoms with Gasteiger partial charge in [-0.05, 0) is 65.1 Å². The van der Waals surface area contributed by atoms with E-state index in [2.05, 4.69) is 32.9 Å². The van der Waals surface area contributed by atoms with E-state index in [9.17, 15) is 4.79 Å². The Bertz CT molecular complexity index is 894. The van der Waals surface area contributed by atoms with Crippen molar-refractivity contribution in [1.29, 1.82) is 0 Å². The van der Waals surface area contributed by atoms with Gasteiger partial charge in [-0.2, -0.15) is 0 Å². The third-order valence-electron chi connectivity index (χ3n) is 3.51. The Labute approximate surface area is 163 Å². The Morgan fingerprint density at radius 1 is 1.08 bits per heavy atom. The first kappa shape index (κ1) is 17.7. The summed E-state index contributed by atoms with van der Waals surface area (Å²) in [6.45, 7) is 0. The van der Waals surface area contributed by atoms with Gasteiger partial charge in [0.2, 0.25) is 0 Å². The molecule has 0 spiro atoms. The highest BCUT2D eigenvalue weighted by Gasteiger charge is 2.12. The number of ether oxygens (including phenoxy) is 2. The molecular weight excluding hydrogens is 451 g/mol. The molecule has 0 unspecified atom stereocenters. The van der Waals surface area contributed by atoms with Crippen molar-refractivity contribution >= 4 is 45.0 Å². The average molecular weight is 466 g/mol. The minimum Gasteiger partial charge on any atom is -0.493 e. The maximum atomic E-state index is 12.3. The molecule has 25 heavy (non-hydrogen) atoms. The number of hydrogen-bond acceptors (Lipinski definition) is 5. The summed E-state index contributed by atoms with van der Waals surface area (Å²) in [6.07, 6.45) is 0. The quantitative estimate of drug-likeness (QED) is 0.555. The number of carbonyl (C=O) groups excluding carboxylic acids is 1. The highest BCUT2D eigenvalue weighted by Crippen LogP contribution is 2.33. The molecule has 0 atom stereocenters. The summed E-state index contributed by atoms with van der Waals surface area (Å²) in [5.74, 6) is 1.12. The highest BCUT2D eigenvalue weighted by molar-refractivity contribution is 14.1. The van der Waals surface area contributed by atoms with Crippen molar-refractivity contribution in [1.82, 2.24) is 4.98 Å². The fraction of sp³-hybridized carbons (Fsp3) is 0.111. The minimum absolute atomic E-state index is 0.176. The second-order valence-corrected chi connectivity index (χ2v) is 7.17. The zero-order valence-corrected chi connectivity index (χ0v) is 16.6. The van der Waals surface area contributed by atoms with Crippen LogP contribution in [0.4, 0.5) is 5.13 Å². The van der Waals surface area contributed by atoms with Gasteiger partial charge in [0.05, 0.1) is 19.9 Å². The van der Waals surface area contributed by atoms with Crippen LogP contribution < -0.4 is 14.8 Å². The molecule has 0 aliphatic heterocycles. The zero-order chi connectivity index (χ0) is 17.8. The molecule has 1 heterocycles. The summed E-state index contributed by atoms with van der Waals surface area (Å²) >= 11 is 3.58. The maximum Gasteiger partial charge on any atom is 0.257 e. The molecule has 0 aliphatic rings. The van der Waals surface area contributed by atoms with Gasteiger partial charge in [-0.1, -0.05) is 0 Å². The van der Waals surface area contributed by atoms with Crippen LogP contribution in [0.2, 0.25) is 0 Å². The van der Waals surface area contributed by atoms with Crippen LogP contribution in [0, 0.1) is 3.57 Å². The third-order valence-corrected chi connectivity index (χ3v) is 4.99. The maximum absolute atomic E-state index is 12.3. The standard InChI is InChI=1S/C18H15IN2O3S/c1-23-15-8-5-12(9-16(15)24-2)14-10-25-18(20-14)21-17(22)11-3-6-13(19)7-4-11/h3-10H,1-2H3,(H,20,21,22). The lowest BCUT2D eigenvalue weighted by molar-refractivity contribution is 0.102. The van der Waals surface area contributed by atoms with Crippen molar-refractivity contribution in [2.45, 2.75) is 0 Å². The number of rotatable bonds is 5. The number of anilines is 1. The fourth-order valence-corrected chi connectivity index (χ4v) is 3.30.